The maximum absolute atomic E-state index is 13.1. The molecule has 1 spiro atoms. The van der Waals surface area contributed by atoms with Gasteiger partial charge < -0.3 is 15.1 Å². The van der Waals surface area contributed by atoms with Crippen molar-refractivity contribution in [2.24, 2.45) is 5.92 Å². The Labute approximate surface area is 180 Å². The van der Waals surface area contributed by atoms with Crippen LogP contribution in [0.15, 0.2) is 18.2 Å². The van der Waals surface area contributed by atoms with Gasteiger partial charge in [-0.1, -0.05) is 0 Å². The van der Waals surface area contributed by atoms with Crippen LogP contribution in [0.2, 0.25) is 0 Å². The number of alkyl halides is 6. The molecule has 0 saturated carbocycles. The monoisotopic (exact) mass is 463 g/mol. The fourth-order valence-corrected chi connectivity index (χ4v) is 4.83. The molecule has 11 heteroatoms. The highest BCUT2D eigenvalue weighted by Crippen LogP contribution is 2.37. The lowest BCUT2D eigenvalue weighted by Crippen LogP contribution is -2.70. The van der Waals surface area contributed by atoms with Gasteiger partial charge in [0.25, 0.3) is 0 Å². The van der Waals surface area contributed by atoms with E-state index >= 15 is 0 Å². The highest BCUT2D eigenvalue weighted by Gasteiger charge is 2.50. The van der Waals surface area contributed by atoms with Gasteiger partial charge in [-0.2, -0.15) is 26.3 Å². The normalized spacial score (nSPS) is 21.6. The fourth-order valence-electron chi connectivity index (χ4n) is 4.83. The van der Waals surface area contributed by atoms with E-state index in [1.54, 1.807) is 9.80 Å². The molecule has 3 amide bonds. The number of carbonyl (C=O) groups excluding carboxylic acids is 2. The summed E-state index contributed by atoms with van der Waals surface area (Å²) in [5, 5.41) is 2.91. The van der Waals surface area contributed by atoms with Crippen LogP contribution in [0.3, 0.4) is 0 Å². The minimum Gasteiger partial charge on any atom is -0.347 e. The second-order valence-electron chi connectivity index (χ2n) is 9.02. The van der Waals surface area contributed by atoms with Crippen molar-refractivity contribution < 1.29 is 35.9 Å². The number of amides is 3. The Morgan fingerprint density at radius 1 is 0.969 bits per heavy atom. The molecule has 1 aromatic rings. The van der Waals surface area contributed by atoms with Crippen LogP contribution in [0.4, 0.5) is 31.1 Å². The Morgan fingerprint density at radius 3 is 2.00 bits per heavy atom. The van der Waals surface area contributed by atoms with Crippen molar-refractivity contribution in [1.82, 2.24) is 15.1 Å². The summed E-state index contributed by atoms with van der Waals surface area (Å²) in [7, 11) is 0. The Kier molecular flexibility index (Phi) is 5.57. The molecule has 0 aromatic heterocycles. The molecular formula is C21H23F6N3O2. The van der Waals surface area contributed by atoms with Crippen LogP contribution >= 0.6 is 0 Å². The van der Waals surface area contributed by atoms with Crippen LogP contribution < -0.4 is 5.32 Å². The average Bonchev–Trinajstić information content (AvgIpc) is 3.07. The molecule has 32 heavy (non-hydrogen) atoms. The van der Waals surface area contributed by atoms with Crippen molar-refractivity contribution in [2.45, 2.75) is 50.0 Å². The van der Waals surface area contributed by atoms with E-state index in [9.17, 15) is 35.9 Å². The Morgan fingerprint density at radius 2 is 1.53 bits per heavy atom. The predicted molar refractivity (Wildman–Crippen MR) is 102 cm³/mol. The molecule has 176 valence electrons. The number of likely N-dealkylation sites (tertiary alicyclic amines) is 2. The van der Waals surface area contributed by atoms with Gasteiger partial charge in [0.2, 0.25) is 5.91 Å². The van der Waals surface area contributed by atoms with E-state index in [0.717, 1.165) is 12.1 Å². The SMILES string of the molecule is O=C1CCC2(CN(C(=O)N3CCC(Cc4cc(C(F)(F)F)cc(C(F)(F)F)c4)CC3)C2)N1. The maximum atomic E-state index is 13.1. The van der Waals surface area contributed by atoms with Gasteiger partial charge in [0, 0.05) is 32.6 Å². The molecule has 1 N–H and O–H groups in total. The molecule has 0 unspecified atom stereocenters. The highest BCUT2D eigenvalue weighted by atomic mass is 19.4. The van der Waals surface area contributed by atoms with Crippen LogP contribution in [-0.4, -0.2) is 53.5 Å². The lowest BCUT2D eigenvalue weighted by atomic mass is 9.87. The molecule has 3 aliphatic rings. The summed E-state index contributed by atoms with van der Waals surface area (Å²) in [6, 6.07) is 1.55. The molecule has 3 heterocycles. The fraction of sp³-hybridized carbons (Fsp3) is 0.619. The maximum Gasteiger partial charge on any atom is 0.416 e. The van der Waals surface area contributed by atoms with Crippen LogP contribution in [0.25, 0.3) is 0 Å². The minimum absolute atomic E-state index is 0.00131. The third-order valence-corrected chi connectivity index (χ3v) is 6.55. The molecule has 0 atom stereocenters. The molecule has 0 radical (unpaired) electrons. The van der Waals surface area contributed by atoms with E-state index in [1.165, 1.54) is 0 Å². The smallest absolute Gasteiger partial charge is 0.347 e. The third kappa shape index (κ3) is 4.66. The molecule has 1 aromatic carbocycles. The van der Waals surface area contributed by atoms with Gasteiger partial charge in [-0.05, 0) is 55.4 Å². The first-order valence-corrected chi connectivity index (χ1v) is 10.5. The Hall–Kier alpha value is -2.46. The molecular weight excluding hydrogens is 440 g/mol. The number of carbonyl (C=O) groups is 2. The first kappa shape index (κ1) is 22.7. The van der Waals surface area contributed by atoms with E-state index in [4.69, 9.17) is 0 Å². The van der Waals surface area contributed by atoms with Crippen molar-refractivity contribution in [3.8, 4) is 0 Å². The summed E-state index contributed by atoms with van der Waals surface area (Å²) in [4.78, 5) is 27.4. The number of benzene rings is 1. The van der Waals surface area contributed by atoms with Crippen molar-refractivity contribution in [2.75, 3.05) is 26.2 Å². The number of halogens is 6. The lowest BCUT2D eigenvalue weighted by molar-refractivity contribution is -0.143. The summed E-state index contributed by atoms with van der Waals surface area (Å²) in [6.07, 6.45) is -7.47. The molecule has 3 aliphatic heterocycles. The van der Waals surface area contributed by atoms with Gasteiger partial charge in [0.1, 0.15) is 0 Å². The summed E-state index contributed by atoms with van der Waals surface area (Å²) in [5.74, 6) is -0.123. The van der Waals surface area contributed by atoms with Crippen molar-refractivity contribution in [3.63, 3.8) is 0 Å². The van der Waals surface area contributed by atoms with Gasteiger partial charge in [-0.3, -0.25) is 4.79 Å². The molecule has 4 rings (SSSR count). The Bertz CT molecular complexity index is 868. The average molecular weight is 463 g/mol. The summed E-state index contributed by atoms with van der Waals surface area (Å²) < 4.78 is 78.4. The zero-order valence-corrected chi connectivity index (χ0v) is 17.2. The number of nitrogens with zero attached hydrogens (tertiary/aromatic N) is 2. The molecule has 0 aliphatic carbocycles. The second kappa shape index (κ2) is 7.84. The quantitative estimate of drug-likeness (QED) is 0.673. The summed E-state index contributed by atoms with van der Waals surface area (Å²) in [5.41, 5.74) is -2.93. The molecule has 3 saturated heterocycles. The van der Waals surface area contributed by atoms with Crippen molar-refractivity contribution in [1.29, 1.82) is 0 Å². The summed E-state index contributed by atoms with van der Waals surface area (Å²) >= 11 is 0. The minimum atomic E-state index is -4.86. The van der Waals surface area contributed by atoms with Crippen LogP contribution in [0, 0.1) is 5.92 Å². The zero-order chi connectivity index (χ0) is 23.3. The zero-order valence-electron chi connectivity index (χ0n) is 17.2. The van der Waals surface area contributed by atoms with Gasteiger partial charge in [0.15, 0.2) is 0 Å². The van der Waals surface area contributed by atoms with Gasteiger partial charge in [0.05, 0.1) is 16.7 Å². The molecule has 3 fully saturated rings. The second-order valence-corrected chi connectivity index (χ2v) is 9.02. The largest absolute Gasteiger partial charge is 0.416 e. The number of hydrogen-bond acceptors (Lipinski definition) is 2. The summed E-state index contributed by atoms with van der Waals surface area (Å²) in [6.45, 7) is 1.71. The topological polar surface area (TPSA) is 52.7 Å². The van der Waals surface area contributed by atoms with Crippen molar-refractivity contribution in [3.05, 3.63) is 34.9 Å². The van der Waals surface area contributed by atoms with Gasteiger partial charge in [-0.15, -0.1) is 0 Å². The van der Waals surface area contributed by atoms with E-state index in [2.05, 4.69) is 5.32 Å². The third-order valence-electron chi connectivity index (χ3n) is 6.55. The van der Waals surface area contributed by atoms with Crippen LogP contribution in [0.5, 0.6) is 0 Å². The standard InChI is InChI=1S/C21H23F6N3O2/c22-20(23,24)15-8-14(9-16(10-15)21(25,26)27)7-13-2-5-29(6-3-13)18(32)30-11-19(12-30)4-1-17(31)28-19/h8-10,13H,1-7,11-12H2,(H,28,31). The highest BCUT2D eigenvalue weighted by molar-refractivity contribution is 5.82. The van der Waals surface area contributed by atoms with E-state index in [-0.39, 0.29) is 41.4 Å². The van der Waals surface area contributed by atoms with Crippen LogP contribution in [-0.2, 0) is 23.6 Å². The first-order chi connectivity index (χ1) is 14.8. The number of rotatable bonds is 2. The molecule has 0 bridgehead atoms. The first-order valence-electron chi connectivity index (χ1n) is 10.5. The molecule has 5 nitrogen and oxygen atoms in total. The van der Waals surface area contributed by atoms with Crippen LogP contribution in [0.1, 0.15) is 42.4 Å². The predicted octanol–water partition coefficient (Wildman–Crippen LogP) is 4.06. The lowest BCUT2D eigenvalue weighted by Gasteiger charge is -2.49. The van der Waals surface area contributed by atoms with E-state index in [0.29, 0.717) is 51.9 Å². The number of nitrogens with one attached hydrogen (secondary N) is 1. The van der Waals surface area contributed by atoms with Crippen molar-refractivity contribution >= 4 is 11.9 Å². The van der Waals surface area contributed by atoms with E-state index in [1.807, 2.05) is 0 Å². The van der Waals surface area contributed by atoms with E-state index < -0.39 is 23.5 Å². The Balaban J connectivity index is 1.34. The number of urea groups is 1. The number of piperidine rings is 1. The number of hydrogen-bond donors (Lipinski definition) is 1. The van der Waals surface area contributed by atoms with Gasteiger partial charge >= 0.3 is 18.4 Å². The van der Waals surface area contributed by atoms with Gasteiger partial charge in [-0.25, -0.2) is 4.79 Å².